The van der Waals surface area contributed by atoms with Crippen LogP contribution in [-0.4, -0.2) is 29.0 Å². The molecule has 0 aliphatic carbocycles. The van der Waals surface area contributed by atoms with Crippen molar-refractivity contribution >= 4 is 40.5 Å². The maximum absolute atomic E-state index is 13.4. The summed E-state index contributed by atoms with van der Waals surface area (Å²) in [4.78, 5) is 39.1. The van der Waals surface area contributed by atoms with E-state index >= 15 is 0 Å². The lowest BCUT2D eigenvalue weighted by Crippen LogP contribution is -2.54. The number of carbonyl (C=O) groups is 3. The molecule has 4 amide bonds. The number of aryl methyl sites for hydroxylation is 2. The van der Waals surface area contributed by atoms with Crippen molar-refractivity contribution in [3.05, 3.63) is 102 Å². The van der Waals surface area contributed by atoms with Crippen LogP contribution in [0.4, 0.5) is 14.9 Å². The highest BCUT2D eigenvalue weighted by Gasteiger charge is 2.37. The second-order valence-electron chi connectivity index (χ2n) is 8.93. The highest BCUT2D eigenvalue weighted by atomic mass is 19.1. The van der Waals surface area contributed by atoms with E-state index < -0.39 is 23.7 Å². The molecule has 1 aromatic heterocycles. The van der Waals surface area contributed by atoms with Crippen molar-refractivity contribution in [2.75, 3.05) is 11.5 Å². The number of carbonyl (C=O) groups excluding carboxylic acids is 3. The predicted octanol–water partition coefficient (Wildman–Crippen LogP) is 5.48. The third-order valence-corrected chi connectivity index (χ3v) is 6.45. The fourth-order valence-corrected chi connectivity index (χ4v) is 4.46. The second-order valence-corrected chi connectivity index (χ2v) is 8.93. The Morgan fingerprint density at radius 3 is 2.42 bits per heavy atom. The molecule has 0 saturated carbocycles. The van der Waals surface area contributed by atoms with Gasteiger partial charge in [-0.25, -0.2) is 14.1 Å². The number of amides is 4. The highest BCUT2D eigenvalue weighted by molar-refractivity contribution is 6.39. The molecule has 1 aliphatic heterocycles. The summed E-state index contributed by atoms with van der Waals surface area (Å²) in [5.41, 5.74) is 2.85. The van der Waals surface area contributed by atoms with E-state index in [4.69, 9.17) is 4.74 Å². The van der Waals surface area contributed by atoms with Gasteiger partial charge in [0, 0.05) is 29.2 Å². The Bertz CT molecular complexity index is 1540. The largest absolute Gasteiger partial charge is 0.494 e. The zero-order chi connectivity index (χ0) is 26.6. The van der Waals surface area contributed by atoms with Crippen molar-refractivity contribution in [2.24, 2.45) is 0 Å². The standard InChI is InChI=1S/C30H26FN3O4/c1-2-20-8-14-24(15-9-20)38-17-5-16-33-19-21(25-6-3-4-7-27(25)33)18-26-28(35)32-30(37)34(29(26)36)23-12-10-22(31)11-13-23/h3-4,6-15,18-19H,2,5,16-17H2,1H3,(H,32,35,37)/b26-18+. The van der Waals surface area contributed by atoms with Gasteiger partial charge in [0.15, 0.2) is 0 Å². The average Bonchev–Trinajstić information content (AvgIpc) is 3.27. The summed E-state index contributed by atoms with van der Waals surface area (Å²) in [6, 6.07) is 19.8. The molecule has 1 saturated heterocycles. The van der Waals surface area contributed by atoms with Crippen LogP contribution >= 0.6 is 0 Å². The Hall–Kier alpha value is -4.72. The van der Waals surface area contributed by atoms with Crippen LogP contribution in [0.25, 0.3) is 17.0 Å². The van der Waals surface area contributed by atoms with Crippen molar-refractivity contribution < 1.29 is 23.5 Å². The van der Waals surface area contributed by atoms with Crippen molar-refractivity contribution in [3.8, 4) is 5.75 Å². The van der Waals surface area contributed by atoms with E-state index in [9.17, 15) is 18.8 Å². The summed E-state index contributed by atoms with van der Waals surface area (Å²) in [5.74, 6) is -1.23. The number of imide groups is 2. The van der Waals surface area contributed by atoms with Crippen LogP contribution in [-0.2, 0) is 22.6 Å². The minimum atomic E-state index is -0.879. The van der Waals surface area contributed by atoms with Crippen molar-refractivity contribution in [1.82, 2.24) is 9.88 Å². The number of fused-ring (bicyclic) bond motifs is 1. The monoisotopic (exact) mass is 511 g/mol. The van der Waals surface area contributed by atoms with Gasteiger partial charge in [-0.1, -0.05) is 37.3 Å². The Balaban J connectivity index is 1.37. The number of anilines is 1. The number of ether oxygens (including phenoxy) is 1. The van der Waals surface area contributed by atoms with Crippen LogP contribution < -0.4 is 15.0 Å². The SMILES string of the molecule is CCc1ccc(OCCCn2cc(/C=C3\C(=O)NC(=O)N(c4ccc(F)cc4)C3=O)c3ccccc32)cc1. The number of halogens is 1. The fourth-order valence-electron chi connectivity index (χ4n) is 4.46. The zero-order valence-corrected chi connectivity index (χ0v) is 20.8. The van der Waals surface area contributed by atoms with Gasteiger partial charge in [0.25, 0.3) is 11.8 Å². The molecule has 0 radical (unpaired) electrons. The quantitative estimate of drug-likeness (QED) is 0.193. The minimum absolute atomic E-state index is 0.166. The molecule has 0 bridgehead atoms. The first-order valence-corrected chi connectivity index (χ1v) is 12.4. The number of aromatic nitrogens is 1. The normalized spacial score (nSPS) is 14.8. The van der Waals surface area contributed by atoms with Crippen LogP contribution in [0.1, 0.15) is 24.5 Å². The Labute approximate surface area is 219 Å². The number of benzene rings is 3. The number of rotatable bonds is 8. The van der Waals surface area contributed by atoms with E-state index in [1.54, 1.807) is 0 Å². The average molecular weight is 512 g/mol. The van der Waals surface area contributed by atoms with Gasteiger partial charge < -0.3 is 9.30 Å². The molecule has 0 atom stereocenters. The minimum Gasteiger partial charge on any atom is -0.494 e. The number of nitrogens with zero attached hydrogens (tertiary/aromatic N) is 2. The molecule has 0 spiro atoms. The van der Waals surface area contributed by atoms with Crippen LogP contribution in [0.2, 0.25) is 0 Å². The summed E-state index contributed by atoms with van der Waals surface area (Å²) < 4.78 is 21.3. The summed E-state index contributed by atoms with van der Waals surface area (Å²) >= 11 is 0. The van der Waals surface area contributed by atoms with Crippen molar-refractivity contribution in [1.29, 1.82) is 0 Å². The third kappa shape index (κ3) is 5.06. The maximum Gasteiger partial charge on any atom is 0.335 e. The summed E-state index contributed by atoms with van der Waals surface area (Å²) in [6.45, 7) is 3.31. The maximum atomic E-state index is 13.4. The third-order valence-electron chi connectivity index (χ3n) is 6.45. The van der Waals surface area contributed by atoms with Gasteiger partial charge >= 0.3 is 6.03 Å². The second kappa shape index (κ2) is 10.7. The van der Waals surface area contributed by atoms with Crippen LogP contribution in [0.15, 0.2) is 84.6 Å². The van der Waals surface area contributed by atoms with E-state index in [0.29, 0.717) is 18.7 Å². The molecule has 8 heteroatoms. The first kappa shape index (κ1) is 25.0. The Morgan fingerprint density at radius 2 is 1.68 bits per heavy atom. The molecule has 1 fully saturated rings. The molecule has 2 heterocycles. The molecule has 192 valence electrons. The van der Waals surface area contributed by atoms with Gasteiger partial charge in [-0.05, 0) is 66.9 Å². The molecule has 4 aromatic rings. The van der Waals surface area contributed by atoms with Gasteiger partial charge in [-0.3, -0.25) is 14.9 Å². The number of urea groups is 1. The Kier molecular flexibility index (Phi) is 7.04. The smallest absolute Gasteiger partial charge is 0.335 e. The summed E-state index contributed by atoms with van der Waals surface area (Å²) in [6.07, 6.45) is 5.10. The van der Waals surface area contributed by atoms with Crippen LogP contribution in [0, 0.1) is 5.82 Å². The van der Waals surface area contributed by atoms with Crippen LogP contribution in [0.3, 0.4) is 0 Å². The molecule has 1 N–H and O–H groups in total. The lowest BCUT2D eigenvalue weighted by molar-refractivity contribution is -0.122. The molecular weight excluding hydrogens is 485 g/mol. The molecular formula is C30H26FN3O4. The van der Waals surface area contributed by atoms with Gasteiger partial charge in [-0.2, -0.15) is 0 Å². The molecule has 3 aromatic carbocycles. The zero-order valence-electron chi connectivity index (χ0n) is 20.8. The van der Waals surface area contributed by atoms with E-state index in [-0.39, 0.29) is 11.3 Å². The fraction of sp³-hybridized carbons (Fsp3) is 0.167. The summed E-state index contributed by atoms with van der Waals surface area (Å²) in [7, 11) is 0. The van der Waals surface area contributed by atoms with E-state index in [1.165, 1.54) is 23.8 Å². The van der Waals surface area contributed by atoms with Gasteiger partial charge in [0.2, 0.25) is 0 Å². The number of hydrogen-bond acceptors (Lipinski definition) is 4. The number of barbiturate groups is 1. The molecule has 5 rings (SSSR count). The predicted molar refractivity (Wildman–Crippen MR) is 143 cm³/mol. The first-order chi connectivity index (χ1) is 18.4. The van der Waals surface area contributed by atoms with Gasteiger partial charge in [0.1, 0.15) is 17.1 Å². The van der Waals surface area contributed by atoms with E-state index in [1.807, 2.05) is 42.6 Å². The topological polar surface area (TPSA) is 80.6 Å². The Morgan fingerprint density at radius 1 is 0.947 bits per heavy atom. The van der Waals surface area contributed by atoms with Gasteiger partial charge in [0.05, 0.1) is 12.3 Å². The number of nitrogens with one attached hydrogen (secondary N) is 1. The van der Waals surface area contributed by atoms with E-state index in [0.717, 1.165) is 46.5 Å². The molecule has 0 unspecified atom stereocenters. The number of para-hydroxylation sites is 1. The molecule has 1 aliphatic rings. The molecule has 7 nitrogen and oxygen atoms in total. The van der Waals surface area contributed by atoms with E-state index in [2.05, 4.69) is 28.9 Å². The van der Waals surface area contributed by atoms with Crippen molar-refractivity contribution in [2.45, 2.75) is 26.3 Å². The lowest BCUT2D eigenvalue weighted by Gasteiger charge is -2.26. The first-order valence-electron chi connectivity index (χ1n) is 12.4. The highest BCUT2D eigenvalue weighted by Crippen LogP contribution is 2.27. The van der Waals surface area contributed by atoms with Crippen LogP contribution in [0.5, 0.6) is 5.75 Å². The lowest BCUT2D eigenvalue weighted by atomic mass is 10.1. The van der Waals surface area contributed by atoms with Crippen molar-refractivity contribution in [3.63, 3.8) is 0 Å². The number of hydrogen-bond donors (Lipinski definition) is 1. The summed E-state index contributed by atoms with van der Waals surface area (Å²) in [5, 5.41) is 3.07. The molecule has 38 heavy (non-hydrogen) atoms. The van der Waals surface area contributed by atoms with Gasteiger partial charge in [-0.15, -0.1) is 0 Å².